The highest BCUT2D eigenvalue weighted by molar-refractivity contribution is 6.58. The van der Waals surface area contributed by atoms with E-state index in [0.717, 1.165) is 0 Å². The number of rotatable bonds is 5. The first-order valence-corrected chi connectivity index (χ1v) is 5.89. The lowest BCUT2D eigenvalue weighted by Gasteiger charge is -2.37. The van der Waals surface area contributed by atoms with E-state index in [1.54, 1.807) is 0 Å². The Morgan fingerprint density at radius 1 is 1.40 bits per heavy atom. The second-order valence-electron chi connectivity index (χ2n) is 4.20. The summed E-state index contributed by atoms with van der Waals surface area (Å²) < 4.78 is 20.1. The molecule has 2 rings (SSSR count). The van der Waals surface area contributed by atoms with Crippen molar-refractivity contribution in [3.63, 3.8) is 0 Å². The van der Waals surface area contributed by atoms with Gasteiger partial charge in [0.15, 0.2) is 5.75 Å². The van der Waals surface area contributed by atoms with E-state index in [4.69, 9.17) is 18.9 Å². The van der Waals surface area contributed by atoms with Gasteiger partial charge in [-0.1, -0.05) is 0 Å². The molecule has 0 unspecified atom stereocenters. The monoisotopic (exact) mass is 285 g/mol. The van der Waals surface area contributed by atoms with E-state index in [1.165, 1.54) is 19.2 Å². The van der Waals surface area contributed by atoms with Crippen molar-refractivity contribution in [2.75, 3.05) is 26.8 Å². The van der Waals surface area contributed by atoms with Crippen LogP contribution in [0.15, 0.2) is 12.1 Å². The van der Waals surface area contributed by atoms with Crippen molar-refractivity contribution in [1.82, 2.24) is 0 Å². The topological polar surface area (TPSA) is 115 Å². The largest absolute Gasteiger partial charge is 0.665 e. The number of aromatic carboxylic acids is 1. The van der Waals surface area contributed by atoms with Crippen molar-refractivity contribution >= 4 is 12.7 Å². The zero-order valence-corrected chi connectivity index (χ0v) is 10.7. The average molecular weight is 285 g/mol. The van der Waals surface area contributed by atoms with Crippen molar-refractivity contribution in [2.45, 2.75) is 0 Å². The number of hydrogen-bond acceptors (Lipinski definition) is 7. The summed E-state index contributed by atoms with van der Waals surface area (Å²) in [7, 11) is 1.49. The number of carboxylic acids is 1. The standard InChI is InChI=1S/C11H14BO8/c1-17-4-5-18-7-2-3-8-10(9(7)11(13)14)20-12(15,16)6-19-8/h2-3,15-16H,4-6H2,1H3,(H,13,14)/q-1. The Morgan fingerprint density at radius 2 is 2.15 bits per heavy atom. The maximum atomic E-state index is 11.3. The van der Waals surface area contributed by atoms with Crippen LogP contribution in [0.4, 0.5) is 0 Å². The maximum absolute atomic E-state index is 11.3. The third-order valence-corrected chi connectivity index (χ3v) is 2.60. The zero-order valence-electron chi connectivity index (χ0n) is 10.7. The lowest BCUT2D eigenvalue weighted by Crippen LogP contribution is -2.51. The first-order chi connectivity index (χ1) is 9.44. The lowest BCUT2D eigenvalue weighted by molar-refractivity contribution is 0.0682. The van der Waals surface area contributed by atoms with Gasteiger partial charge in [-0.15, -0.1) is 0 Å². The van der Waals surface area contributed by atoms with Gasteiger partial charge in [0, 0.05) is 7.11 Å². The van der Waals surface area contributed by atoms with E-state index in [-0.39, 0.29) is 36.0 Å². The Labute approximate surface area is 114 Å². The van der Waals surface area contributed by atoms with Gasteiger partial charge in [0.1, 0.15) is 23.7 Å². The molecule has 0 saturated carbocycles. The van der Waals surface area contributed by atoms with E-state index in [2.05, 4.69) is 0 Å². The molecule has 1 aliphatic rings. The molecule has 0 aromatic heterocycles. The van der Waals surface area contributed by atoms with E-state index >= 15 is 0 Å². The van der Waals surface area contributed by atoms with Gasteiger partial charge in [-0.2, -0.15) is 0 Å². The molecule has 8 nitrogen and oxygen atoms in total. The van der Waals surface area contributed by atoms with E-state index in [1.807, 2.05) is 0 Å². The summed E-state index contributed by atoms with van der Waals surface area (Å²) in [6.45, 7) is -3.28. The van der Waals surface area contributed by atoms with Crippen molar-refractivity contribution in [3.05, 3.63) is 17.7 Å². The third kappa shape index (κ3) is 2.95. The summed E-state index contributed by atoms with van der Waals surface area (Å²) in [6.07, 6.45) is 0. The fourth-order valence-electron chi connectivity index (χ4n) is 1.76. The maximum Gasteiger partial charge on any atom is 0.467 e. The van der Waals surface area contributed by atoms with Gasteiger partial charge < -0.3 is 34.0 Å². The number of methoxy groups -OCH3 is 1. The van der Waals surface area contributed by atoms with Crippen molar-refractivity contribution < 1.29 is 38.8 Å². The van der Waals surface area contributed by atoms with Crippen LogP contribution in [0.3, 0.4) is 0 Å². The van der Waals surface area contributed by atoms with Gasteiger partial charge >= 0.3 is 12.7 Å². The molecule has 1 aromatic carbocycles. The number of carbonyl (C=O) groups is 1. The molecule has 9 heteroatoms. The quantitative estimate of drug-likeness (QED) is 0.496. The predicted molar refractivity (Wildman–Crippen MR) is 67.1 cm³/mol. The highest BCUT2D eigenvalue weighted by Gasteiger charge is 2.34. The summed E-state index contributed by atoms with van der Waals surface area (Å²) >= 11 is 0. The molecule has 0 spiro atoms. The van der Waals surface area contributed by atoms with Gasteiger partial charge in [-0.05, 0) is 12.1 Å². The van der Waals surface area contributed by atoms with Gasteiger partial charge in [-0.3, -0.25) is 0 Å². The molecule has 0 saturated heterocycles. The molecule has 3 N–H and O–H groups in total. The van der Waals surface area contributed by atoms with Crippen molar-refractivity contribution in [2.24, 2.45) is 0 Å². The molecule has 0 amide bonds. The Morgan fingerprint density at radius 3 is 2.80 bits per heavy atom. The number of benzene rings is 1. The van der Waals surface area contributed by atoms with Crippen LogP contribution in [0, 0.1) is 0 Å². The van der Waals surface area contributed by atoms with Crippen LogP contribution in [0.2, 0.25) is 0 Å². The Kier molecular flexibility index (Phi) is 4.02. The second kappa shape index (κ2) is 5.57. The van der Waals surface area contributed by atoms with Gasteiger partial charge in [0.05, 0.1) is 13.1 Å². The zero-order chi connectivity index (χ0) is 14.8. The van der Waals surface area contributed by atoms with Crippen LogP contribution in [0.1, 0.15) is 10.4 Å². The van der Waals surface area contributed by atoms with Gasteiger partial charge in [-0.25, -0.2) is 4.79 Å². The summed E-state index contributed by atoms with van der Waals surface area (Å²) in [4.78, 5) is 11.3. The molecule has 0 atom stereocenters. The molecular weight excluding hydrogens is 271 g/mol. The molecule has 110 valence electrons. The normalized spacial score (nSPS) is 15.8. The van der Waals surface area contributed by atoms with Crippen LogP contribution >= 0.6 is 0 Å². The number of fused-ring (bicyclic) bond motifs is 1. The highest BCUT2D eigenvalue weighted by atomic mass is 16.7. The summed E-state index contributed by atoms with van der Waals surface area (Å²) in [6, 6.07) is 2.85. The Hall–Kier alpha value is -1.97. The highest BCUT2D eigenvalue weighted by Crippen LogP contribution is 2.40. The molecule has 1 aromatic rings. The Balaban J connectivity index is 2.38. The molecule has 20 heavy (non-hydrogen) atoms. The Bertz CT molecular complexity index is 515. The fraction of sp³-hybridized carbons (Fsp3) is 0.364. The number of carboxylic acid groups (broad SMARTS) is 1. The van der Waals surface area contributed by atoms with Crippen LogP contribution in [0.5, 0.6) is 17.2 Å². The van der Waals surface area contributed by atoms with Gasteiger partial charge in [0.25, 0.3) is 0 Å². The van der Waals surface area contributed by atoms with E-state index in [9.17, 15) is 19.9 Å². The van der Waals surface area contributed by atoms with Crippen molar-refractivity contribution in [1.29, 1.82) is 0 Å². The number of hydrogen-bond donors (Lipinski definition) is 3. The number of ether oxygens (including phenoxy) is 3. The summed E-state index contributed by atoms with van der Waals surface area (Å²) in [5, 5.41) is 28.1. The first kappa shape index (κ1) is 14.4. The summed E-state index contributed by atoms with van der Waals surface area (Å²) in [5.74, 6) is -1.44. The molecular formula is C11H14BO8-. The lowest BCUT2D eigenvalue weighted by atomic mass is 9.80. The van der Waals surface area contributed by atoms with Crippen LogP contribution in [0.25, 0.3) is 0 Å². The second-order valence-corrected chi connectivity index (χ2v) is 4.20. The molecule has 0 bridgehead atoms. The third-order valence-electron chi connectivity index (χ3n) is 2.60. The first-order valence-electron chi connectivity index (χ1n) is 5.89. The molecule has 1 heterocycles. The minimum Gasteiger partial charge on any atom is -0.665 e. The molecule has 0 radical (unpaired) electrons. The fourth-order valence-corrected chi connectivity index (χ4v) is 1.76. The van der Waals surface area contributed by atoms with Gasteiger partial charge in [0.2, 0.25) is 0 Å². The van der Waals surface area contributed by atoms with Crippen LogP contribution in [-0.4, -0.2) is 54.7 Å². The van der Waals surface area contributed by atoms with Crippen molar-refractivity contribution in [3.8, 4) is 17.2 Å². The minimum absolute atomic E-state index is 0.0328. The predicted octanol–water partition coefficient (Wildman–Crippen LogP) is -0.356. The van der Waals surface area contributed by atoms with Crippen LogP contribution in [-0.2, 0) is 4.74 Å². The van der Waals surface area contributed by atoms with E-state index in [0.29, 0.717) is 0 Å². The van der Waals surface area contributed by atoms with Crippen LogP contribution < -0.4 is 14.1 Å². The SMILES string of the molecule is COCCOc1ccc2c(c1C(=O)O)O[B-](O)(O)CO2. The van der Waals surface area contributed by atoms with E-state index < -0.39 is 19.2 Å². The molecule has 0 aliphatic carbocycles. The summed E-state index contributed by atoms with van der Waals surface area (Å²) in [5.41, 5.74) is -0.326. The smallest absolute Gasteiger partial charge is 0.467 e. The average Bonchev–Trinajstić information content (AvgIpc) is 2.37. The minimum atomic E-state index is -3.24. The molecule has 1 aliphatic heterocycles. The molecule has 0 fully saturated rings.